The van der Waals surface area contributed by atoms with Crippen LogP contribution in [0.25, 0.3) is 11.1 Å². The molecule has 0 saturated carbocycles. The van der Waals surface area contributed by atoms with E-state index < -0.39 is 42.3 Å². The number of hydrogen-bond acceptors (Lipinski definition) is 8. The first kappa shape index (κ1) is 29.4. The second-order valence-corrected chi connectivity index (χ2v) is 11.1. The lowest BCUT2D eigenvalue weighted by Gasteiger charge is -2.28. The number of aliphatic hydroxyl groups is 3. The molecule has 2 aromatic rings. The Morgan fingerprint density at radius 1 is 1.21 bits per heavy atom. The molecule has 2 aromatic carbocycles. The summed E-state index contributed by atoms with van der Waals surface area (Å²) in [5.74, 6) is -1.07. The van der Waals surface area contributed by atoms with Gasteiger partial charge in [0.05, 0.1) is 17.3 Å². The molecule has 202 valence electrons. The van der Waals surface area contributed by atoms with Crippen LogP contribution in [0.4, 0.5) is 5.69 Å². The zero-order valence-corrected chi connectivity index (χ0v) is 22.5. The van der Waals surface area contributed by atoms with Crippen LogP contribution in [0.3, 0.4) is 0 Å². The Balaban J connectivity index is 1.74. The van der Waals surface area contributed by atoms with Crippen LogP contribution in [0, 0.1) is 16.7 Å². The van der Waals surface area contributed by atoms with Gasteiger partial charge in [-0.05, 0) is 34.7 Å². The minimum absolute atomic E-state index is 0.186. The molecular formula is C28H33N3O6S. The van der Waals surface area contributed by atoms with Gasteiger partial charge in [0.15, 0.2) is 6.10 Å². The normalized spacial score (nSPS) is 18.9. The summed E-state index contributed by atoms with van der Waals surface area (Å²) in [5, 5.41) is 46.0. The Kier molecular flexibility index (Phi) is 9.71. The highest BCUT2D eigenvalue weighted by atomic mass is 32.2. The number of thioether (sulfide) groups is 1. The molecule has 0 spiro atoms. The number of hydrogen-bond donors (Lipinski definition) is 5. The second-order valence-electron chi connectivity index (χ2n) is 10.1. The van der Waals surface area contributed by atoms with Gasteiger partial charge in [0, 0.05) is 17.8 Å². The van der Waals surface area contributed by atoms with Gasteiger partial charge in [-0.15, -0.1) is 11.8 Å². The fourth-order valence-electron chi connectivity index (χ4n) is 3.88. The molecular weight excluding hydrogens is 506 g/mol. The zero-order valence-electron chi connectivity index (χ0n) is 21.7. The van der Waals surface area contributed by atoms with Crippen LogP contribution < -0.4 is 10.6 Å². The Labute approximate surface area is 226 Å². The van der Waals surface area contributed by atoms with Crippen molar-refractivity contribution in [3.63, 3.8) is 0 Å². The highest BCUT2D eigenvalue weighted by Crippen LogP contribution is 2.39. The molecule has 38 heavy (non-hydrogen) atoms. The number of fused-ring (bicyclic) bond motifs is 1. The Bertz CT molecular complexity index is 1240. The number of nitrogens with one attached hydrogen (secondary N) is 2. The average Bonchev–Trinajstić information content (AvgIpc) is 3.04. The van der Waals surface area contributed by atoms with E-state index in [4.69, 9.17) is 4.74 Å². The summed E-state index contributed by atoms with van der Waals surface area (Å²) in [7, 11) is 1.19. The molecule has 0 aromatic heterocycles. The van der Waals surface area contributed by atoms with Gasteiger partial charge in [-0.3, -0.25) is 9.59 Å². The van der Waals surface area contributed by atoms with Crippen LogP contribution >= 0.6 is 11.8 Å². The SMILES string of the molecule is CO[C@@H](C(=O)N[C@H]1CSc2c(cccc2-c2cccc(C#N)c2)NC1=O)[C@H](O)[C@@H](O)[C@H](O)C=CC(C)(C)C. The van der Waals surface area contributed by atoms with E-state index in [-0.39, 0.29) is 11.2 Å². The first-order valence-corrected chi connectivity index (χ1v) is 13.1. The lowest BCUT2D eigenvalue weighted by atomic mass is 9.94. The van der Waals surface area contributed by atoms with Crippen molar-refractivity contribution < 1.29 is 29.6 Å². The van der Waals surface area contributed by atoms with Crippen LogP contribution in [-0.4, -0.2) is 70.5 Å². The minimum atomic E-state index is -1.75. The van der Waals surface area contributed by atoms with Crippen molar-refractivity contribution in [1.29, 1.82) is 5.26 Å². The average molecular weight is 540 g/mol. The Hall–Kier alpha value is -3.20. The van der Waals surface area contributed by atoms with Crippen LogP contribution in [0.2, 0.25) is 0 Å². The first-order valence-electron chi connectivity index (χ1n) is 12.1. The largest absolute Gasteiger partial charge is 0.387 e. The maximum Gasteiger partial charge on any atom is 0.252 e. The third kappa shape index (κ3) is 7.22. The molecule has 0 radical (unpaired) electrons. The molecule has 1 aliphatic heterocycles. The van der Waals surface area contributed by atoms with E-state index in [1.807, 2.05) is 32.9 Å². The van der Waals surface area contributed by atoms with Gasteiger partial charge in [0.2, 0.25) is 5.91 Å². The van der Waals surface area contributed by atoms with Crippen LogP contribution in [0.1, 0.15) is 26.3 Å². The number of carbonyl (C=O) groups is 2. The van der Waals surface area contributed by atoms with Gasteiger partial charge in [0.25, 0.3) is 5.91 Å². The summed E-state index contributed by atoms with van der Waals surface area (Å²) in [6.45, 7) is 5.72. The van der Waals surface area contributed by atoms with Gasteiger partial charge in [-0.2, -0.15) is 5.26 Å². The minimum Gasteiger partial charge on any atom is -0.387 e. The summed E-state index contributed by atoms with van der Waals surface area (Å²) < 4.78 is 5.14. The number of anilines is 1. The number of rotatable bonds is 8. The zero-order chi connectivity index (χ0) is 28.0. The number of nitrogens with zero attached hydrogens (tertiary/aromatic N) is 1. The summed E-state index contributed by atoms with van der Waals surface area (Å²) in [6.07, 6.45) is -3.37. The van der Waals surface area contributed by atoms with E-state index in [1.54, 1.807) is 36.4 Å². The third-order valence-corrected chi connectivity index (χ3v) is 7.15. The predicted octanol–water partition coefficient (Wildman–Crippen LogP) is 2.45. The summed E-state index contributed by atoms with van der Waals surface area (Å²) in [6, 6.07) is 13.8. The molecule has 3 rings (SSSR count). The van der Waals surface area contributed by atoms with E-state index in [0.29, 0.717) is 11.3 Å². The standard InChI is InChI=1S/C28H33N3O6S/c1-28(2,3)12-11-21(32)22(33)23(34)24(37-4)27(36)31-20-15-38-25-18(9-6-10-19(25)30-26(20)35)17-8-5-7-16(13-17)14-29/h5-13,20-24,32-34H,15H2,1-4H3,(H,30,35)(H,31,36)/t20-,21+,22-,23+,24+/m0/s1. The highest BCUT2D eigenvalue weighted by Gasteiger charge is 2.37. The van der Waals surface area contributed by atoms with Crippen LogP contribution in [0.15, 0.2) is 59.5 Å². The topological polar surface area (TPSA) is 152 Å². The number of carbonyl (C=O) groups excluding carboxylic acids is 2. The molecule has 5 N–H and O–H groups in total. The lowest BCUT2D eigenvalue weighted by molar-refractivity contribution is -0.150. The molecule has 9 nitrogen and oxygen atoms in total. The van der Waals surface area contributed by atoms with Crippen molar-refractivity contribution in [3.8, 4) is 17.2 Å². The Morgan fingerprint density at radius 3 is 2.58 bits per heavy atom. The monoisotopic (exact) mass is 539 g/mol. The van der Waals surface area contributed by atoms with Crippen molar-refractivity contribution in [2.75, 3.05) is 18.2 Å². The molecule has 0 saturated heterocycles. The second kappa shape index (κ2) is 12.6. The van der Waals surface area contributed by atoms with Gasteiger partial charge in [-0.1, -0.05) is 57.2 Å². The lowest BCUT2D eigenvalue weighted by Crippen LogP contribution is -2.55. The number of benzene rings is 2. The molecule has 5 atom stereocenters. The predicted molar refractivity (Wildman–Crippen MR) is 145 cm³/mol. The third-order valence-electron chi connectivity index (χ3n) is 5.92. The maximum absolute atomic E-state index is 13.0. The summed E-state index contributed by atoms with van der Waals surface area (Å²) in [5.41, 5.74) is 2.48. The first-order chi connectivity index (χ1) is 17.9. The van der Waals surface area contributed by atoms with E-state index in [1.165, 1.54) is 24.9 Å². The van der Waals surface area contributed by atoms with Crippen molar-refractivity contribution in [2.24, 2.45) is 5.41 Å². The van der Waals surface area contributed by atoms with E-state index in [9.17, 15) is 30.2 Å². The van der Waals surface area contributed by atoms with Crippen LogP contribution in [0.5, 0.6) is 0 Å². The van der Waals surface area contributed by atoms with E-state index >= 15 is 0 Å². The quantitative estimate of drug-likeness (QED) is 0.321. The summed E-state index contributed by atoms with van der Waals surface area (Å²) in [4.78, 5) is 26.8. The molecule has 0 aliphatic carbocycles. The van der Waals surface area contributed by atoms with Gasteiger partial charge in [-0.25, -0.2) is 0 Å². The molecule has 2 amide bonds. The number of aliphatic hydroxyl groups excluding tert-OH is 3. The molecule has 10 heteroatoms. The van der Waals surface area contributed by atoms with E-state index in [2.05, 4.69) is 16.7 Å². The van der Waals surface area contributed by atoms with Crippen molar-refractivity contribution in [2.45, 2.75) is 56.1 Å². The maximum atomic E-state index is 13.0. The molecule has 0 bridgehead atoms. The number of methoxy groups -OCH3 is 1. The fraction of sp³-hybridized carbons (Fsp3) is 0.393. The van der Waals surface area contributed by atoms with Gasteiger partial charge < -0.3 is 30.7 Å². The molecule has 1 heterocycles. The number of nitriles is 1. The molecule has 0 fully saturated rings. The van der Waals surface area contributed by atoms with Crippen molar-refractivity contribution in [1.82, 2.24) is 5.32 Å². The smallest absolute Gasteiger partial charge is 0.252 e. The highest BCUT2D eigenvalue weighted by molar-refractivity contribution is 7.99. The number of allylic oxidation sites excluding steroid dienone is 1. The van der Waals surface area contributed by atoms with Crippen molar-refractivity contribution >= 4 is 29.3 Å². The fourth-order valence-corrected chi connectivity index (χ4v) is 5.07. The number of amides is 2. The molecule has 1 aliphatic rings. The number of ether oxygens (including phenoxy) is 1. The molecule has 0 unspecified atom stereocenters. The van der Waals surface area contributed by atoms with E-state index in [0.717, 1.165) is 16.0 Å². The van der Waals surface area contributed by atoms with Crippen molar-refractivity contribution in [3.05, 3.63) is 60.2 Å². The summed E-state index contributed by atoms with van der Waals surface area (Å²) >= 11 is 1.36. The van der Waals surface area contributed by atoms with Gasteiger partial charge in [0.1, 0.15) is 24.4 Å². The van der Waals surface area contributed by atoms with Gasteiger partial charge >= 0.3 is 0 Å². The Morgan fingerprint density at radius 2 is 1.92 bits per heavy atom. The van der Waals surface area contributed by atoms with Crippen LogP contribution in [-0.2, 0) is 14.3 Å².